The minimum Gasteiger partial charge on any atom is -0.395 e. The molecule has 2 rings (SSSR count). The minimum absolute atomic E-state index is 0.0774. The van der Waals surface area contributed by atoms with Gasteiger partial charge < -0.3 is 14.8 Å². The van der Waals surface area contributed by atoms with Crippen LogP contribution in [0.1, 0.15) is 13.8 Å². The molecule has 8 nitrogen and oxygen atoms in total. The van der Waals surface area contributed by atoms with E-state index in [1.165, 1.54) is 0 Å². The Balaban J connectivity index is 2.14. The van der Waals surface area contributed by atoms with Crippen molar-refractivity contribution < 1.29 is 14.8 Å². The Morgan fingerprint density at radius 3 is 2.35 bits per heavy atom. The monoisotopic (exact) mass is 357 g/mol. The van der Waals surface area contributed by atoms with Crippen LogP contribution in [0.25, 0.3) is 0 Å². The maximum Gasteiger partial charge on any atom is 0.175 e. The molecule has 2 aromatic heterocycles. The van der Waals surface area contributed by atoms with Crippen LogP contribution in [0.4, 0.5) is 5.69 Å². The molecule has 0 aromatic carbocycles. The third-order valence-electron chi connectivity index (χ3n) is 3.52. The Hall–Kier alpha value is -2.71. The molecule has 2 N–H and O–H groups in total. The highest BCUT2D eigenvalue weighted by Crippen LogP contribution is 2.10. The summed E-state index contributed by atoms with van der Waals surface area (Å²) in [4.78, 5) is 0. The van der Waals surface area contributed by atoms with Crippen LogP contribution in [0.3, 0.4) is 0 Å². The summed E-state index contributed by atoms with van der Waals surface area (Å²) in [6.45, 7) is 5.24. The second-order valence-corrected chi connectivity index (χ2v) is 5.95. The summed E-state index contributed by atoms with van der Waals surface area (Å²) in [6.07, 6.45) is 7.36. The van der Waals surface area contributed by atoms with Gasteiger partial charge in [-0.2, -0.15) is 0 Å². The summed E-state index contributed by atoms with van der Waals surface area (Å²) in [7, 11) is 0. The second kappa shape index (κ2) is 10.3. The van der Waals surface area contributed by atoms with E-state index in [2.05, 4.69) is 20.4 Å². The van der Waals surface area contributed by atoms with Gasteiger partial charge in [0.05, 0.1) is 17.7 Å². The van der Waals surface area contributed by atoms with Crippen LogP contribution in [0.15, 0.2) is 69.5 Å². The Morgan fingerprint density at radius 1 is 1.08 bits per heavy atom. The topological polar surface area (TPSA) is 98.7 Å². The molecule has 0 aliphatic rings. The molecule has 0 fully saturated rings. The van der Waals surface area contributed by atoms with Crippen LogP contribution < -0.4 is 9.92 Å². The molecule has 0 aliphatic carbocycles. The average molecular weight is 357 g/mol. The van der Waals surface area contributed by atoms with E-state index in [9.17, 15) is 0 Å². The highest BCUT2D eigenvalue weighted by molar-refractivity contribution is 5.84. The van der Waals surface area contributed by atoms with Gasteiger partial charge in [-0.15, -0.1) is 20.4 Å². The highest BCUT2D eigenvalue weighted by atomic mass is 16.3. The largest absolute Gasteiger partial charge is 0.395 e. The number of amidine groups is 1. The quantitative estimate of drug-likeness (QED) is 0.257. The number of aliphatic hydroxyl groups is 2. The van der Waals surface area contributed by atoms with E-state index in [0.717, 1.165) is 0 Å². The van der Waals surface area contributed by atoms with Gasteiger partial charge in [0.1, 0.15) is 6.61 Å². The first-order chi connectivity index (χ1) is 12.6. The van der Waals surface area contributed by atoms with Gasteiger partial charge in [0.2, 0.25) is 0 Å². The van der Waals surface area contributed by atoms with Crippen molar-refractivity contribution in [3.8, 4) is 0 Å². The van der Waals surface area contributed by atoms with E-state index in [1.807, 2.05) is 72.0 Å². The van der Waals surface area contributed by atoms with Crippen LogP contribution in [0.2, 0.25) is 0 Å². The fraction of sp³-hybridized carbons (Fsp3) is 0.389. The maximum atomic E-state index is 8.92. The molecule has 0 bridgehead atoms. The van der Waals surface area contributed by atoms with E-state index in [1.54, 1.807) is 0 Å². The zero-order valence-corrected chi connectivity index (χ0v) is 15.1. The molecule has 0 radical (unpaired) electrons. The molecule has 26 heavy (non-hydrogen) atoms. The second-order valence-electron chi connectivity index (χ2n) is 5.95. The van der Waals surface area contributed by atoms with Crippen LogP contribution in [0.5, 0.6) is 0 Å². The molecule has 0 amide bonds. The van der Waals surface area contributed by atoms with E-state index < -0.39 is 0 Å². The van der Waals surface area contributed by atoms with Crippen molar-refractivity contribution in [3.63, 3.8) is 0 Å². The molecule has 0 atom stereocenters. The summed E-state index contributed by atoms with van der Waals surface area (Å²) in [5.41, 5.74) is 0.706. The summed E-state index contributed by atoms with van der Waals surface area (Å²) in [6, 6.07) is 7.30. The smallest absolute Gasteiger partial charge is 0.175 e. The highest BCUT2D eigenvalue weighted by Gasteiger charge is 2.04. The molecule has 0 aliphatic heterocycles. The molecule has 138 valence electrons. The Morgan fingerprint density at radius 2 is 1.77 bits per heavy atom. The van der Waals surface area contributed by atoms with E-state index in [0.29, 0.717) is 30.0 Å². The van der Waals surface area contributed by atoms with Crippen LogP contribution in [-0.4, -0.2) is 33.8 Å². The van der Waals surface area contributed by atoms with Crippen molar-refractivity contribution in [2.75, 3.05) is 13.2 Å². The van der Waals surface area contributed by atoms with E-state index in [-0.39, 0.29) is 19.1 Å². The Kier molecular flexibility index (Phi) is 7.78. The number of pyridine rings is 2. The lowest BCUT2D eigenvalue weighted by molar-refractivity contribution is -0.698. The number of azo groups is 1. The van der Waals surface area contributed by atoms with Crippen molar-refractivity contribution in [2.24, 2.45) is 26.3 Å². The van der Waals surface area contributed by atoms with Gasteiger partial charge in [-0.25, -0.2) is 4.57 Å². The summed E-state index contributed by atoms with van der Waals surface area (Å²) >= 11 is 0. The number of aliphatic hydroxyl groups excluding tert-OH is 2. The SMILES string of the molecule is CC(C)C(N=Nc1cc[n+](CCO)cc1)=NN=c1ccn(CCO)cc1. The number of hydrogen-bond donors (Lipinski definition) is 2. The van der Waals surface area contributed by atoms with Crippen LogP contribution in [-0.2, 0) is 13.1 Å². The standard InChI is InChI=1S/C18H25N6O2/c1-15(2)18(21-19-16-3-7-23(8-4-16)11-13-25)22-20-17-5-9-24(10-6-17)12-14-26/h3-10,15,25-26H,11-14H2,1-2H3/q+1. The lowest BCUT2D eigenvalue weighted by Crippen LogP contribution is -2.34. The lowest BCUT2D eigenvalue weighted by atomic mass is 10.2. The molecular formula is C18H25N6O2+. The molecule has 0 spiro atoms. The van der Waals surface area contributed by atoms with Crippen molar-refractivity contribution in [3.05, 3.63) is 54.4 Å². The van der Waals surface area contributed by atoms with Gasteiger partial charge in [-0.3, -0.25) is 0 Å². The minimum atomic E-state index is 0.0774. The van der Waals surface area contributed by atoms with Gasteiger partial charge in [0.25, 0.3) is 0 Å². The molecule has 0 saturated heterocycles. The molecule has 8 heteroatoms. The number of aromatic nitrogens is 2. The third kappa shape index (κ3) is 6.30. The van der Waals surface area contributed by atoms with Crippen molar-refractivity contribution in [2.45, 2.75) is 26.9 Å². The normalized spacial score (nSPS) is 12.1. The average Bonchev–Trinajstić information content (AvgIpc) is 2.64. The molecule has 0 unspecified atom stereocenters. The number of nitrogens with zero attached hydrogens (tertiary/aromatic N) is 6. The van der Waals surface area contributed by atoms with E-state index >= 15 is 0 Å². The molecule has 0 saturated carbocycles. The van der Waals surface area contributed by atoms with Gasteiger partial charge in [-0.05, 0) is 12.1 Å². The van der Waals surface area contributed by atoms with Crippen molar-refractivity contribution in [1.29, 1.82) is 0 Å². The van der Waals surface area contributed by atoms with Crippen LogP contribution >= 0.6 is 0 Å². The predicted molar refractivity (Wildman–Crippen MR) is 97.6 cm³/mol. The fourth-order valence-electron chi connectivity index (χ4n) is 2.03. The van der Waals surface area contributed by atoms with Gasteiger partial charge in [0, 0.05) is 37.0 Å². The molecular weight excluding hydrogens is 332 g/mol. The number of rotatable bonds is 7. The molecule has 2 aromatic rings. The van der Waals surface area contributed by atoms with Gasteiger partial charge in [-0.1, -0.05) is 13.8 Å². The first-order valence-electron chi connectivity index (χ1n) is 8.52. The van der Waals surface area contributed by atoms with E-state index in [4.69, 9.17) is 10.2 Å². The van der Waals surface area contributed by atoms with Crippen molar-refractivity contribution in [1.82, 2.24) is 4.57 Å². The first-order valence-corrected chi connectivity index (χ1v) is 8.52. The summed E-state index contributed by atoms with van der Waals surface area (Å²) in [5.74, 6) is 0.609. The molecule has 2 heterocycles. The lowest BCUT2D eigenvalue weighted by Gasteiger charge is -2.02. The predicted octanol–water partition coefficient (Wildman–Crippen LogP) is 1.41. The van der Waals surface area contributed by atoms with Crippen LogP contribution in [0, 0.1) is 5.92 Å². The van der Waals surface area contributed by atoms with Crippen molar-refractivity contribution >= 4 is 11.5 Å². The zero-order valence-electron chi connectivity index (χ0n) is 15.1. The van der Waals surface area contributed by atoms with Gasteiger partial charge >= 0.3 is 0 Å². The fourth-order valence-corrected chi connectivity index (χ4v) is 2.03. The van der Waals surface area contributed by atoms with Gasteiger partial charge in [0.15, 0.2) is 24.8 Å². The zero-order chi connectivity index (χ0) is 18.8. The Labute approximate surface area is 152 Å². The number of hydrogen-bond acceptors (Lipinski definition) is 5. The maximum absolute atomic E-state index is 8.92. The summed E-state index contributed by atoms with van der Waals surface area (Å²) < 4.78 is 3.73. The third-order valence-corrected chi connectivity index (χ3v) is 3.52. The first kappa shape index (κ1) is 19.6. The Bertz CT molecular complexity index is 789. The summed E-state index contributed by atoms with van der Waals surface area (Å²) in [5, 5.41) is 35.4.